The summed E-state index contributed by atoms with van der Waals surface area (Å²) < 4.78 is 13.5. The molecule has 0 bridgehead atoms. The molecular weight excluding hydrogens is 431 g/mol. The predicted octanol–water partition coefficient (Wildman–Crippen LogP) is 4.81. The Labute approximate surface area is 189 Å². The molecule has 3 aromatic rings. The van der Waals surface area contributed by atoms with Crippen molar-refractivity contribution in [1.29, 1.82) is 0 Å². The molecule has 0 radical (unpaired) electrons. The van der Waals surface area contributed by atoms with E-state index in [9.17, 15) is 19.4 Å². The fourth-order valence-corrected chi connectivity index (χ4v) is 5.22. The average Bonchev–Trinajstić information content (AvgIpc) is 3.21. The maximum atomic E-state index is 13.5. The number of pyridine rings is 2. The lowest BCUT2D eigenvalue weighted by molar-refractivity contribution is -0.148. The molecular formula is C23H25FN4O3S. The summed E-state index contributed by atoms with van der Waals surface area (Å²) in [5.41, 5.74) is 1.03. The number of nitrogens with zero attached hydrogens (tertiary/aromatic N) is 3. The van der Waals surface area contributed by atoms with Crippen LogP contribution in [0.5, 0.6) is 0 Å². The number of aliphatic hydroxyl groups is 1. The van der Waals surface area contributed by atoms with Gasteiger partial charge in [-0.25, -0.2) is 19.3 Å². The zero-order chi connectivity index (χ0) is 23.0. The number of halogens is 1. The van der Waals surface area contributed by atoms with Crippen LogP contribution < -0.4 is 5.32 Å². The summed E-state index contributed by atoms with van der Waals surface area (Å²) in [5, 5.41) is 24.3. The normalized spacial score (nSPS) is 23.2. The van der Waals surface area contributed by atoms with Gasteiger partial charge in [0.2, 0.25) is 0 Å². The molecule has 0 saturated heterocycles. The van der Waals surface area contributed by atoms with Crippen LogP contribution in [-0.4, -0.2) is 31.1 Å². The maximum Gasteiger partial charge on any atom is 0.306 e. The van der Waals surface area contributed by atoms with Crippen molar-refractivity contribution in [1.82, 2.24) is 15.0 Å². The molecule has 9 heteroatoms. The van der Waals surface area contributed by atoms with Gasteiger partial charge in [0.05, 0.1) is 22.7 Å². The number of rotatable bonds is 5. The van der Waals surface area contributed by atoms with Crippen LogP contribution in [0.4, 0.5) is 16.0 Å². The molecule has 168 valence electrons. The van der Waals surface area contributed by atoms with Crippen molar-refractivity contribution in [3.05, 3.63) is 52.5 Å². The standard InChI is InChI=1S/C23H25FN4O3S/c1-12-6-17(27-20(7-12)28-19-8-13(2)16(24)10-25-19)18-11-26-22(32-18)23(31)5-4-15(21(29)30)14(3)9-23/h6-8,10-11,14-15,31H,4-5,9H2,1-3H3,(H,29,30)(H,25,27,28)/t14-,15+,23-/m0/s1. The Kier molecular flexibility index (Phi) is 5.96. The Morgan fingerprint density at radius 1 is 1.22 bits per heavy atom. The molecule has 0 aromatic carbocycles. The number of thiazole rings is 1. The van der Waals surface area contributed by atoms with E-state index in [2.05, 4.69) is 20.3 Å². The van der Waals surface area contributed by atoms with Gasteiger partial charge in [0.15, 0.2) is 0 Å². The molecule has 1 fully saturated rings. The zero-order valence-corrected chi connectivity index (χ0v) is 18.9. The molecule has 1 aliphatic rings. The van der Waals surface area contributed by atoms with Crippen molar-refractivity contribution in [3.8, 4) is 10.6 Å². The molecule has 3 heterocycles. The lowest BCUT2D eigenvalue weighted by Gasteiger charge is -2.37. The van der Waals surface area contributed by atoms with Crippen LogP contribution in [0.2, 0.25) is 0 Å². The van der Waals surface area contributed by atoms with Gasteiger partial charge >= 0.3 is 5.97 Å². The third-order valence-electron chi connectivity index (χ3n) is 5.96. The highest BCUT2D eigenvalue weighted by molar-refractivity contribution is 7.15. The minimum absolute atomic E-state index is 0.141. The number of aliphatic carboxylic acids is 1. The van der Waals surface area contributed by atoms with E-state index in [4.69, 9.17) is 0 Å². The summed E-state index contributed by atoms with van der Waals surface area (Å²) in [5.74, 6) is -0.688. The van der Waals surface area contributed by atoms with Gasteiger partial charge in [0.25, 0.3) is 0 Å². The summed E-state index contributed by atoms with van der Waals surface area (Å²) in [6.07, 6.45) is 4.01. The Bertz CT molecular complexity index is 1170. The first-order valence-electron chi connectivity index (χ1n) is 10.4. The van der Waals surface area contributed by atoms with Gasteiger partial charge in [-0.1, -0.05) is 6.92 Å². The summed E-state index contributed by atoms with van der Waals surface area (Å²) in [7, 11) is 0. The van der Waals surface area contributed by atoms with Crippen LogP contribution in [0.25, 0.3) is 10.6 Å². The number of anilines is 2. The molecule has 3 aromatic heterocycles. The predicted molar refractivity (Wildman–Crippen MR) is 120 cm³/mol. The highest BCUT2D eigenvalue weighted by Crippen LogP contribution is 2.45. The van der Waals surface area contributed by atoms with Crippen LogP contribution >= 0.6 is 11.3 Å². The first kappa shape index (κ1) is 22.3. The van der Waals surface area contributed by atoms with Crippen LogP contribution in [0.15, 0.2) is 30.6 Å². The van der Waals surface area contributed by atoms with Gasteiger partial charge in [-0.3, -0.25) is 4.79 Å². The molecule has 4 rings (SSSR count). The Balaban J connectivity index is 1.57. The minimum Gasteiger partial charge on any atom is -0.481 e. The Morgan fingerprint density at radius 2 is 2.00 bits per heavy atom. The average molecular weight is 457 g/mol. The summed E-state index contributed by atoms with van der Waals surface area (Å²) in [4.78, 5) is 25.4. The largest absolute Gasteiger partial charge is 0.481 e. The third kappa shape index (κ3) is 4.49. The SMILES string of the molecule is Cc1cc(Nc2cc(C)c(F)cn2)nc(-c2cnc([C@]3(O)CC[C@@H](C(=O)O)[C@@H](C)C3)s2)c1. The summed E-state index contributed by atoms with van der Waals surface area (Å²) in [6, 6.07) is 5.42. The molecule has 0 amide bonds. The smallest absolute Gasteiger partial charge is 0.306 e. The first-order chi connectivity index (χ1) is 15.1. The fraction of sp³-hybridized carbons (Fsp3) is 0.391. The van der Waals surface area contributed by atoms with Gasteiger partial charge in [-0.2, -0.15) is 0 Å². The minimum atomic E-state index is -1.13. The molecule has 7 nitrogen and oxygen atoms in total. The van der Waals surface area contributed by atoms with Crippen LogP contribution in [0, 0.1) is 31.5 Å². The maximum absolute atomic E-state index is 13.5. The number of carbonyl (C=O) groups is 1. The second-order valence-electron chi connectivity index (χ2n) is 8.58. The number of carboxylic acid groups (broad SMARTS) is 1. The molecule has 3 atom stereocenters. The molecule has 1 aliphatic carbocycles. The lowest BCUT2D eigenvalue weighted by atomic mass is 9.72. The van der Waals surface area contributed by atoms with E-state index in [1.54, 1.807) is 19.2 Å². The highest BCUT2D eigenvalue weighted by atomic mass is 32.1. The van der Waals surface area contributed by atoms with E-state index in [1.165, 1.54) is 17.5 Å². The monoisotopic (exact) mass is 456 g/mol. The number of hydrogen-bond acceptors (Lipinski definition) is 7. The molecule has 0 unspecified atom stereocenters. The van der Waals surface area contributed by atoms with Crippen molar-refractivity contribution in [2.75, 3.05) is 5.32 Å². The number of nitrogens with one attached hydrogen (secondary N) is 1. The van der Waals surface area contributed by atoms with Gasteiger partial charge in [-0.05, 0) is 68.4 Å². The molecule has 1 saturated carbocycles. The van der Waals surface area contributed by atoms with E-state index in [0.717, 1.165) is 10.4 Å². The van der Waals surface area contributed by atoms with Crippen molar-refractivity contribution in [3.63, 3.8) is 0 Å². The van der Waals surface area contributed by atoms with E-state index in [-0.39, 0.29) is 11.7 Å². The highest BCUT2D eigenvalue weighted by Gasteiger charge is 2.43. The van der Waals surface area contributed by atoms with Crippen LogP contribution in [-0.2, 0) is 10.4 Å². The number of carboxylic acids is 1. The number of aryl methyl sites for hydroxylation is 2. The van der Waals surface area contributed by atoms with Crippen LogP contribution in [0.1, 0.15) is 42.3 Å². The van der Waals surface area contributed by atoms with E-state index < -0.39 is 17.5 Å². The first-order valence-corrected chi connectivity index (χ1v) is 11.3. The summed E-state index contributed by atoms with van der Waals surface area (Å²) >= 11 is 1.37. The van der Waals surface area contributed by atoms with Crippen molar-refractivity contribution >= 4 is 28.9 Å². The molecule has 0 spiro atoms. The van der Waals surface area contributed by atoms with Gasteiger partial charge < -0.3 is 15.5 Å². The van der Waals surface area contributed by atoms with E-state index >= 15 is 0 Å². The number of aromatic nitrogens is 3. The zero-order valence-electron chi connectivity index (χ0n) is 18.1. The van der Waals surface area contributed by atoms with E-state index in [1.807, 2.05) is 26.0 Å². The van der Waals surface area contributed by atoms with Crippen molar-refractivity contribution in [2.45, 2.75) is 45.6 Å². The van der Waals surface area contributed by atoms with Crippen molar-refractivity contribution in [2.24, 2.45) is 11.8 Å². The molecule has 0 aliphatic heterocycles. The molecule has 32 heavy (non-hydrogen) atoms. The fourth-order valence-electron chi connectivity index (χ4n) is 4.22. The van der Waals surface area contributed by atoms with Crippen LogP contribution in [0.3, 0.4) is 0 Å². The lowest BCUT2D eigenvalue weighted by Crippen LogP contribution is -2.38. The second kappa shape index (κ2) is 8.55. The summed E-state index contributed by atoms with van der Waals surface area (Å²) in [6.45, 7) is 5.48. The quantitative estimate of drug-likeness (QED) is 0.506. The topological polar surface area (TPSA) is 108 Å². The Morgan fingerprint density at radius 3 is 2.69 bits per heavy atom. The second-order valence-corrected chi connectivity index (χ2v) is 9.62. The third-order valence-corrected chi connectivity index (χ3v) is 7.17. The van der Waals surface area contributed by atoms with Gasteiger partial charge in [0.1, 0.15) is 28.1 Å². The Hall–Kier alpha value is -2.91. The molecule has 3 N–H and O–H groups in total. The van der Waals surface area contributed by atoms with Crippen molar-refractivity contribution < 1.29 is 19.4 Å². The van der Waals surface area contributed by atoms with Gasteiger partial charge in [0, 0.05) is 6.20 Å². The van der Waals surface area contributed by atoms with E-state index in [0.29, 0.717) is 47.2 Å². The van der Waals surface area contributed by atoms with Gasteiger partial charge in [-0.15, -0.1) is 11.3 Å². The number of hydrogen-bond donors (Lipinski definition) is 3.